The highest BCUT2D eigenvalue weighted by Gasteiger charge is 2.34. The number of ether oxygens (including phenoxy) is 1. The van der Waals surface area contributed by atoms with Gasteiger partial charge in [0.1, 0.15) is 17.9 Å². The number of halogens is 3. The molecule has 11 heteroatoms. The first-order valence-electron chi connectivity index (χ1n) is 9.45. The van der Waals surface area contributed by atoms with Crippen molar-refractivity contribution in [1.82, 2.24) is 19.7 Å². The lowest BCUT2D eigenvalue weighted by Gasteiger charge is -2.39. The van der Waals surface area contributed by atoms with E-state index in [0.717, 1.165) is 23.5 Å². The first kappa shape index (κ1) is 20.6. The number of benzene rings is 1. The Morgan fingerprint density at radius 2 is 1.77 bits per heavy atom. The Kier molecular flexibility index (Phi) is 5.25. The molecule has 0 aliphatic carbocycles. The lowest BCUT2D eigenvalue weighted by molar-refractivity contribution is -0.274. The van der Waals surface area contributed by atoms with E-state index in [1.165, 1.54) is 18.5 Å². The highest BCUT2D eigenvalue weighted by molar-refractivity contribution is 5.94. The predicted octanol–water partition coefficient (Wildman–Crippen LogP) is 3.25. The van der Waals surface area contributed by atoms with Crippen molar-refractivity contribution in [2.45, 2.75) is 20.2 Å². The highest BCUT2D eigenvalue weighted by Crippen LogP contribution is 2.27. The molecule has 1 aliphatic rings. The fraction of sp³-hybridized carbons (Fsp3) is 0.300. The molecule has 0 unspecified atom stereocenters. The van der Waals surface area contributed by atoms with Crippen molar-refractivity contribution in [2.24, 2.45) is 5.92 Å². The summed E-state index contributed by atoms with van der Waals surface area (Å²) in [5.41, 5.74) is 2.23. The quantitative estimate of drug-likeness (QED) is 0.666. The van der Waals surface area contributed by atoms with Crippen LogP contribution in [0.3, 0.4) is 0 Å². The van der Waals surface area contributed by atoms with Crippen LogP contribution < -0.4 is 15.0 Å². The third kappa shape index (κ3) is 4.76. The predicted molar refractivity (Wildman–Crippen MR) is 106 cm³/mol. The number of hydrogen-bond acceptors (Lipinski definition) is 6. The minimum atomic E-state index is -4.75. The summed E-state index contributed by atoms with van der Waals surface area (Å²) in [4.78, 5) is 22.9. The lowest BCUT2D eigenvalue weighted by Crippen LogP contribution is -2.52. The Morgan fingerprint density at radius 1 is 1.10 bits per heavy atom. The Hall–Kier alpha value is -3.63. The van der Waals surface area contributed by atoms with Gasteiger partial charge in [0.15, 0.2) is 5.82 Å². The summed E-state index contributed by atoms with van der Waals surface area (Å²) in [6.07, 6.45) is -3.30. The van der Waals surface area contributed by atoms with Gasteiger partial charge in [-0.1, -0.05) is 0 Å². The van der Waals surface area contributed by atoms with Crippen LogP contribution in [0.4, 0.5) is 24.7 Å². The molecule has 4 rings (SSSR count). The van der Waals surface area contributed by atoms with E-state index < -0.39 is 6.36 Å². The van der Waals surface area contributed by atoms with Crippen LogP contribution in [0.2, 0.25) is 0 Å². The van der Waals surface area contributed by atoms with Crippen LogP contribution in [-0.4, -0.2) is 45.1 Å². The summed E-state index contributed by atoms with van der Waals surface area (Å²) >= 11 is 0. The zero-order valence-corrected chi connectivity index (χ0v) is 16.7. The van der Waals surface area contributed by atoms with Crippen molar-refractivity contribution in [3.63, 3.8) is 0 Å². The normalized spacial score (nSPS) is 14.3. The van der Waals surface area contributed by atoms with E-state index >= 15 is 0 Å². The topological polar surface area (TPSA) is 85.2 Å². The summed E-state index contributed by atoms with van der Waals surface area (Å²) < 4.78 is 42.2. The number of carbonyl (C=O) groups excluding carboxylic acids is 1. The SMILES string of the molecule is Cc1cc(C)n(-c2cc(N3CC(C(=O)Nc4ccc(OC(F)(F)F)cc4)C3)ncn2)n1. The van der Waals surface area contributed by atoms with Crippen LogP contribution in [0.25, 0.3) is 5.82 Å². The number of anilines is 2. The largest absolute Gasteiger partial charge is 0.573 e. The average molecular weight is 432 g/mol. The molecule has 1 fully saturated rings. The number of nitrogens with zero attached hydrogens (tertiary/aromatic N) is 5. The molecule has 31 heavy (non-hydrogen) atoms. The van der Waals surface area contributed by atoms with Gasteiger partial charge < -0.3 is 15.0 Å². The standard InChI is InChI=1S/C20H19F3N6O2/c1-12-7-13(2)29(27-12)18-8-17(24-11-25-18)28-9-14(10-28)19(30)26-15-3-5-16(6-4-15)31-20(21,22)23/h3-8,11,14H,9-10H2,1-2H3,(H,26,30). The zero-order chi connectivity index (χ0) is 22.2. The number of alkyl halides is 3. The van der Waals surface area contributed by atoms with Gasteiger partial charge in [-0.25, -0.2) is 14.6 Å². The molecule has 0 atom stereocenters. The van der Waals surface area contributed by atoms with Gasteiger partial charge in [-0.2, -0.15) is 5.10 Å². The van der Waals surface area contributed by atoms with Crippen LogP contribution in [0.5, 0.6) is 5.75 Å². The molecular formula is C20H19F3N6O2. The molecule has 3 aromatic rings. The fourth-order valence-corrected chi connectivity index (χ4v) is 3.30. The first-order valence-corrected chi connectivity index (χ1v) is 9.45. The van der Waals surface area contributed by atoms with E-state index in [0.29, 0.717) is 30.4 Å². The van der Waals surface area contributed by atoms with E-state index in [-0.39, 0.29) is 17.6 Å². The smallest absolute Gasteiger partial charge is 0.406 e. The van der Waals surface area contributed by atoms with Gasteiger partial charge in [0.05, 0.1) is 11.6 Å². The second kappa shape index (κ2) is 7.89. The van der Waals surface area contributed by atoms with Crippen molar-refractivity contribution in [3.05, 3.63) is 54.1 Å². The Labute approximate surface area is 175 Å². The molecule has 2 aromatic heterocycles. The van der Waals surface area contributed by atoms with E-state index in [9.17, 15) is 18.0 Å². The van der Waals surface area contributed by atoms with E-state index in [1.807, 2.05) is 30.9 Å². The van der Waals surface area contributed by atoms with Gasteiger partial charge in [-0.05, 0) is 44.2 Å². The summed E-state index contributed by atoms with van der Waals surface area (Å²) in [7, 11) is 0. The maximum atomic E-state index is 12.4. The molecule has 3 heterocycles. The molecule has 8 nitrogen and oxygen atoms in total. The van der Waals surface area contributed by atoms with Crippen molar-refractivity contribution in [1.29, 1.82) is 0 Å². The molecule has 1 aromatic carbocycles. The summed E-state index contributed by atoms with van der Waals surface area (Å²) in [5.74, 6) is 0.509. The van der Waals surface area contributed by atoms with Crippen LogP contribution in [0.1, 0.15) is 11.4 Å². The summed E-state index contributed by atoms with van der Waals surface area (Å²) in [6, 6.07) is 8.79. The van der Waals surface area contributed by atoms with E-state index in [2.05, 4.69) is 25.1 Å². The fourth-order valence-electron chi connectivity index (χ4n) is 3.30. The van der Waals surface area contributed by atoms with Crippen molar-refractivity contribution in [2.75, 3.05) is 23.3 Å². The minimum Gasteiger partial charge on any atom is -0.406 e. The van der Waals surface area contributed by atoms with Crippen molar-refractivity contribution in [3.8, 4) is 11.6 Å². The number of amides is 1. The van der Waals surface area contributed by atoms with Crippen LogP contribution in [-0.2, 0) is 4.79 Å². The zero-order valence-electron chi connectivity index (χ0n) is 16.7. The molecule has 0 saturated carbocycles. The Morgan fingerprint density at radius 3 is 2.39 bits per heavy atom. The monoisotopic (exact) mass is 432 g/mol. The molecule has 0 spiro atoms. The Balaban J connectivity index is 1.34. The summed E-state index contributed by atoms with van der Waals surface area (Å²) in [6.45, 7) is 4.78. The molecule has 1 amide bonds. The molecule has 1 saturated heterocycles. The number of aromatic nitrogens is 4. The third-order valence-electron chi connectivity index (χ3n) is 4.80. The van der Waals surface area contributed by atoms with Crippen LogP contribution in [0.15, 0.2) is 42.7 Å². The first-order chi connectivity index (χ1) is 14.7. The number of nitrogens with one attached hydrogen (secondary N) is 1. The van der Waals surface area contributed by atoms with Gasteiger partial charge in [0.25, 0.3) is 0 Å². The van der Waals surface area contributed by atoms with Crippen LogP contribution in [0, 0.1) is 19.8 Å². The highest BCUT2D eigenvalue weighted by atomic mass is 19.4. The van der Waals surface area contributed by atoms with Gasteiger partial charge in [0, 0.05) is 30.5 Å². The number of carbonyl (C=O) groups is 1. The summed E-state index contributed by atoms with van der Waals surface area (Å²) in [5, 5.41) is 7.12. The maximum absolute atomic E-state index is 12.4. The number of rotatable bonds is 5. The second-order valence-corrected chi connectivity index (χ2v) is 7.24. The van der Waals surface area contributed by atoms with Crippen molar-refractivity contribution >= 4 is 17.4 Å². The maximum Gasteiger partial charge on any atom is 0.573 e. The minimum absolute atomic E-state index is 0.214. The van der Waals surface area contributed by atoms with Gasteiger partial charge >= 0.3 is 6.36 Å². The van der Waals surface area contributed by atoms with Crippen molar-refractivity contribution < 1.29 is 22.7 Å². The third-order valence-corrected chi connectivity index (χ3v) is 4.80. The molecule has 0 radical (unpaired) electrons. The van der Waals surface area contributed by atoms with E-state index in [4.69, 9.17) is 0 Å². The molecular weight excluding hydrogens is 413 g/mol. The second-order valence-electron chi connectivity index (χ2n) is 7.24. The molecule has 1 aliphatic heterocycles. The van der Waals surface area contributed by atoms with Gasteiger partial charge in [-0.15, -0.1) is 13.2 Å². The molecule has 1 N–H and O–H groups in total. The molecule has 0 bridgehead atoms. The lowest BCUT2D eigenvalue weighted by atomic mass is 9.99. The number of hydrogen-bond donors (Lipinski definition) is 1. The average Bonchev–Trinajstić information content (AvgIpc) is 2.99. The van der Waals surface area contributed by atoms with Gasteiger partial charge in [-0.3, -0.25) is 4.79 Å². The van der Waals surface area contributed by atoms with Gasteiger partial charge in [0.2, 0.25) is 5.91 Å². The molecule has 162 valence electrons. The Bertz CT molecular complexity index is 1090. The van der Waals surface area contributed by atoms with E-state index in [1.54, 1.807) is 4.68 Å². The van der Waals surface area contributed by atoms with Crippen LogP contribution >= 0.6 is 0 Å². The number of aryl methyl sites for hydroxylation is 2.